The van der Waals surface area contributed by atoms with Crippen LogP contribution < -0.4 is 5.73 Å². The van der Waals surface area contributed by atoms with E-state index in [1.54, 1.807) is 0 Å². The lowest BCUT2D eigenvalue weighted by Gasteiger charge is -2.35. The summed E-state index contributed by atoms with van der Waals surface area (Å²) in [6.45, 7) is 0. The second kappa shape index (κ2) is 3.09. The molecule has 0 aliphatic heterocycles. The minimum absolute atomic E-state index is 0.355. The van der Waals surface area contributed by atoms with Crippen LogP contribution in [0.5, 0.6) is 0 Å². The number of nitrogens with zero attached hydrogens (tertiary/aromatic N) is 1. The fraction of sp³-hybridized carbons (Fsp3) is 0.556. The Bertz CT molecular complexity index is 355. The molecule has 0 aromatic carbocycles. The first-order chi connectivity index (χ1) is 6.65. The number of esters is 1. The maximum Gasteiger partial charge on any atom is 0.356 e. The molecule has 0 unspecified atom stereocenters. The molecule has 5 nitrogen and oxygen atoms in total. The largest absolute Gasteiger partial charge is 0.464 e. The van der Waals surface area contributed by atoms with Gasteiger partial charge in [-0.25, -0.2) is 9.78 Å². The Labute approximate surface area is 81.7 Å². The van der Waals surface area contributed by atoms with Crippen molar-refractivity contribution in [1.82, 2.24) is 9.97 Å². The first-order valence-electron chi connectivity index (χ1n) is 4.58. The number of methoxy groups -OCH3 is 1. The number of aromatic amines is 1. The van der Waals surface area contributed by atoms with Crippen molar-refractivity contribution in [2.45, 2.75) is 24.8 Å². The Morgan fingerprint density at radius 2 is 2.43 bits per heavy atom. The monoisotopic (exact) mass is 195 g/mol. The second-order valence-electron chi connectivity index (χ2n) is 3.65. The van der Waals surface area contributed by atoms with E-state index in [-0.39, 0.29) is 5.54 Å². The number of ether oxygens (including phenoxy) is 1. The Morgan fingerprint density at radius 1 is 1.71 bits per heavy atom. The van der Waals surface area contributed by atoms with E-state index >= 15 is 0 Å². The molecule has 14 heavy (non-hydrogen) atoms. The molecule has 0 amide bonds. The van der Waals surface area contributed by atoms with Gasteiger partial charge in [-0.3, -0.25) is 0 Å². The summed E-state index contributed by atoms with van der Waals surface area (Å²) in [4.78, 5) is 18.1. The van der Waals surface area contributed by atoms with Gasteiger partial charge in [-0.05, 0) is 19.3 Å². The van der Waals surface area contributed by atoms with Gasteiger partial charge >= 0.3 is 5.97 Å². The van der Waals surface area contributed by atoms with Crippen molar-refractivity contribution in [1.29, 1.82) is 0 Å². The number of carbonyl (C=O) groups excluding carboxylic acids is 1. The molecule has 0 spiro atoms. The van der Waals surface area contributed by atoms with E-state index < -0.39 is 5.97 Å². The van der Waals surface area contributed by atoms with Crippen molar-refractivity contribution < 1.29 is 9.53 Å². The highest BCUT2D eigenvalue weighted by Gasteiger charge is 2.37. The number of hydrogen-bond acceptors (Lipinski definition) is 4. The topological polar surface area (TPSA) is 81.0 Å². The van der Waals surface area contributed by atoms with Gasteiger partial charge in [0.25, 0.3) is 0 Å². The standard InChI is InChI=1S/C9H13N3O2/c1-14-7(13)6-5-11-8(12-6)9(10)3-2-4-9/h5H,2-4,10H2,1H3,(H,11,12). The van der Waals surface area contributed by atoms with Gasteiger partial charge in [0.15, 0.2) is 0 Å². The van der Waals surface area contributed by atoms with Crippen LogP contribution in [0.1, 0.15) is 35.6 Å². The van der Waals surface area contributed by atoms with Crippen molar-refractivity contribution >= 4 is 5.97 Å². The molecule has 1 aliphatic rings. The number of aromatic nitrogens is 2. The zero-order chi connectivity index (χ0) is 10.2. The second-order valence-corrected chi connectivity index (χ2v) is 3.65. The Hall–Kier alpha value is -1.36. The summed E-state index contributed by atoms with van der Waals surface area (Å²) in [7, 11) is 1.34. The molecular weight excluding hydrogens is 182 g/mol. The molecule has 0 bridgehead atoms. The highest BCUT2D eigenvalue weighted by atomic mass is 16.5. The minimum Gasteiger partial charge on any atom is -0.464 e. The van der Waals surface area contributed by atoms with Crippen LogP contribution in [0.4, 0.5) is 0 Å². The quantitative estimate of drug-likeness (QED) is 0.674. The van der Waals surface area contributed by atoms with Crippen LogP contribution in [0.2, 0.25) is 0 Å². The summed E-state index contributed by atoms with van der Waals surface area (Å²) >= 11 is 0. The number of imidazole rings is 1. The summed E-state index contributed by atoms with van der Waals surface area (Å²) in [5.74, 6) is 0.274. The van der Waals surface area contributed by atoms with E-state index in [1.807, 2.05) is 0 Å². The third-order valence-corrected chi connectivity index (χ3v) is 2.70. The molecule has 0 atom stereocenters. The number of nitrogens with one attached hydrogen (secondary N) is 1. The summed E-state index contributed by atoms with van der Waals surface area (Å²) in [5, 5.41) is 0. The van der Waals surface area contributed by atoms with Crippen LogP contribution in [-0.4, -0.2) is 23.0 Å². The molecule has 0 saturated heterocycles. The fourth-order valence-electron chi connectivity index (χ4n) is 1.58. The average Bonchev–Trinajstić information content (AvgIpc) is 2.62. The molecule has 76 valence electrons. The Balaban J connectivity index is 2.21. The highest BCUT2D eigenvalue weighted by molar-refractivity contribution is 5.86. The molecular formula is C9H13N3O2. The molecule has 1 heterocycles. The fourth-order valence-corrected chi connectivity index (χ4v) is 1.58. The first-order valence-corrected chi connectivity index (χ1v) is 4.58. The SMILES string of the molecule is COC(=O)c1cnc(C2(N)CCC2)[nH]1. The number of nitrogens with two attached hydrogens (primary N) is 1. The van der Waals surface area contributed by atoms with E-state index in [0.717, 1.165) is 19.3 Å². The van der Waals surface area contributed by atoms with E-state index in [9.17, 15) is 4.79 Å². The van der Waals surface area contributed by atoms with Crippen molar-refractivity contribution in [2.24, 2.45) is 5.73 Å². The van der Waals surface area contributed by atoms with Crippen molar-refractivity contribution in [3.8, 4) is 0 Å². The lowest BCUT2D eigenvalue weighted by atomic mass is 9.77. The molecule has 1 aromatic rings. The third-order valence-electron chi connectivity index (χ3n) is 2.70. The minimum atomic E-state index is -0.410. The summed E-state index contributed by atoms with van der Waals surface area (Å²) < 4.78 is 4.56. The number of hydrogen-bond donors (Lipinski definition) is 2. The van der Waals surface area contributed by atoms with Crippen LogP contribution >= 0.6 is 0 Å². The lowest BCUT2D eigenvalue weighted by Crippen LogP contribution is -2.44. The van der Waals surface area contributed by atoms with Crippen LogP contribution in [-0.2, 0) is 10.3 Å². The molecule has 1 saturated carbocycles. The molecule has 2 rings (SSSR count). The summed E-state index contributed by atoms with van der Waals surface area (Å²) in [5.41, 5.74) is 6.04. The Morgan fingerprint density at radius 3 is 2.93 bits per heavy atom. The van der Waals surface area contributed by atoms with Gasteiger partial charge in [-0.1, -0.05) is 0 Å². The van der Waals surface area contributed by atoms with Gasteiger partial charge in [-0.15, -0.1) is 0 Å². The molecule has 5 heteroatoms. The smallest absolute Gasteiger partial charge is 0.356 e. The van der Waals surface area contributed by atoms with Crippen LogP contribution in [0, 0.1) is 0 Å². The molecule has 3 N–H and O–H groups in total. The van der Waals surface area contributed by atoms with E-state index in [2.05, 4.69) is 14.7 Å². The van der Waals surface area contributed by atoms with E-state index in [1.165, 1.54) is 13.3 Å². The molecule has 1 aliphatic carbocycles. The highest BCUT2D eigenvalue weighted by Crippen LogP contribution is 2.36. The van der Waals surface area contributed by atoms with Gasteiger partial charge in [0.05, 0.1) is 18.8 Å². The normalized spacial score (nSPS) is 18.7. The van der Waals surface area contributed by atoms with Crippen molar-refractivity contribution in [3.63, 3.8) is 0 Å². The maximum atomic E-state index is 11.1. The van der Waals surface area contributed by atoms with Gasteiger partial charge in [-0.2, -0.15) is 0 Å². The van der Waals surface area contributed by atoms with Crippen LogP contribution in [0.3, 0.4) is 0 Å². The molecule has 1 fully saturated rings. The third kappa shape index (κ3) is 1.29. The van der Waals surface area contributed by atoms with Gasteiger partial charge < -0.3 is 15.5 Å². The first kappa shape index (κ1) is 9.21. The van der Waals surface area contributed by atoms with E-state index in [4.69, 9.17) is 5.73 Å². The Kier molecular flexibility index (Phi) is 2.03. The molecule has 1 aromatic heterocycles. The average molecular weight is 195 g/mol. The van der Waals surface area contributed by atoms with E-state index in [0.29, 0.717) is 11.5 Å². The van der Waals surface area contributed by atoms with Gasteiger partial charge in [0, 0.05) is 0 Å². The summed E-state index contributed by atoms with van der Waals surface area (Å²) in [6, 6.07) is 0. The zero-order valence-corrected chi connectivity index (χ0v) is 8.04. The van der Waals surface area contributed by atoms with Crippen LogP contribution in [0.25, 0.3) is 0 Å². The van der Waals surface area contributed by atoms with Gasteiger partial charge in [0.2, 0.25) is 0 Å². The number of rotatable bonds is 2. The number of H-pyrrole nitrogens is 1. The number of carbonyl (C=O) groups is 1. The van der Waals surface area contributed by atoms with Crippen molar-refractivity contribution in [3.05, 3.63) is 17.7 Å². The molecule has 0 radical (unpaired) electrons. The zero-order valence-electron chi connectivity index (χ0n) is 8.04. The lowest BCUT2D eigenvalue weighted by molar-refractivity contribution is 0.0594. The summed E-state index contributed by atoms with van der Waals surface area (Å²) in [6.07, 6.45) is 4.42. The maximum absolute atomic E-state index is 11.1. The van der Waals surface area contributed by atoms with Crippen LogP contribution in [0.15, 0.2) is 6.20 Å². The predicted octanol–water partition coefficient (Wildman–Crippen LogP) is 0.534. The van der Waals surface area contributed by atoms with Gasteiger partial charge in [0.1, 0.15) is 11.5 Å². The predicted molar refractivity (Wildman–Crippen MR) is 49.6 cm³/mol. The van der Waals surface area contributed by atoms with Crippen molar-refractivity contribution in [2.75, 3.05) is 7.11 Å².